The van der Waals surface area contributed by atoms with E-state index in [4.69, 9.17) is 4.99 Å². The number of amidine groups is 1. The van der Waals surface area contributed by atoms with Gasteiger partial charge < -0.3 is 9.88 Å². The molecule has 12 rings (SSSR count). The zero-order valence-electron chi connectivity index (χ0n) is 30.7. The summed E-state index contributed by atoms with van der Waals surface area (Å²) in [4.78, 5) is 5.32. The van der Waals surface area contributed by atoms with Crippen molar-refractivity contribution in [3.63, 3.8) is 0 Å². The van der Waals surface area contributed by atoms with E-state index in [-0.39, 0.29) is 12.3 Å². The van der Waals surface area contributed by atoms with Gasteiger partial charge in [-0.05, 0) is 35.9 Å². The summed E-state index contributed by atoms with van der Waals surface area (Å²) in [5.41, 5.74) is 9.63. The number of aromatic nitrogens is 1. The summed E-state index contributed by atoms with van der Waals surface area (Å²) >= 11 is 3.78. The molecule has 4 nitrogen and oxygen atoms in total. The molecule has 0 aliphatic carbocycles. The standard InChI is InChI=1S/C51H34N4S2/c1-3-14-31(15-4-1)49-52-50(32-16-5-2-6-17-32)54-51(53-49)41-25-13-23-39-38-22-11-21-37(47(38)57-48(39)41)36-20-12-24-40-42-30-33(28-29-45(42)56-46(36)40)55-43-26-9-7-18-34(43)35-19-8-10-27-44(35)55/h1-30,49,51,53H,(H,52,54). The molecule has 57 heavy (non-hydrogen) atoms. The highest BCUT2D eigenvalue weighted by Crippen LogP contribution is 2.47. The molecule has 2 unspecified atom stereocenters. The van der Waals surface area contributed by atoms with Crippen molar-refractivity contribution in [2.24, 2.45) is 4.99 Å². The van der Waals surface area contributed by atoms with E-state index in [1.165, 1.54) is 90.1 Å². The molecule has 0 radical (unpaired) electrons. The molecule has 1 aliphatic rings. The fraction of sp³-hybridized carbons (Fsp3) is 0.0392. The molecule has 3 aromatic heterocycles. The second-order valence-corrected chi connectivity index (χ2v) is 16.8. The van der Waals surface area contributed by atoms with E-state index >= 15 is 0 Å². The lowest BCUT2D eigenvalue weighted by Gasteiger charge is -2.32. The summed E-state index contributed by atoms with van der Waals surface area (Å²) < 4.78 is 7.60. The Morgan fingerprint density at radius 3 is 1.77 bits per heavy atom. The molecule has 2 N–H and O–H groups in total. The quantitative estimate of drug-likeness (QED) is 0.183. The summed E-state index contributed by atoms with van der Waals surface area (Å²) in [5.74, 6) is 0.893. The van der Waals surface area contributed by atoms with Crippen molar-refractivity contribution >= 4 is 90.7 Å². The Morgan fingerprint density at radius 1 is 0.474 bits per heavy atom. The molecule has 1 aliphatic heterocycles. The van der Waals surface area contributed by atoms with Gasteiger partial charge in [0.05, 0.1) is 11.0 Å². The minimum Gasteiger partial charge on any atom is -0.350 e. The SMILES string of the molecule is c1ccc(C2=NC(c3cccc4c3sc3c(-c5cccc6c5sc5ccc(-n7c8ccccc8c8ccccc87)cc56)cccc34)NC(c3ccccc3)N2)cc1. The van der Waals surface area contributed by atoms with Crippen LogP contribution in [0.4, 0.5) is 0 Å². The summed E-state index contributed by atoms with van der Waals surface area (Å²) in [5, 5.41) is 15.2. The third-order valence-corrected chi connectivity index (χ3v) is 14.0. The van der Waals surface area contributed by atoms with E-state index in [9.17, 15) is 0 Å². The molecule has 6 heteroatoms. The van der Waals surface area contributed by atoms with Gasteiger partial charge >= 0.3 is 0 Å². The maximum Gasteiger partial charge on any atom is 0.131 e. The number of para-hydroxylation sites is 2. The van der Waals surface area contributed by atoms with Crippen LogP contribution in [0, 0.1) is 0 Å². The first-order valence-electron chi connectivity index (χ1n) is 19.4. The van der Waals surface area contributed by atoms with E-state index in [1.807, 2.05) is 22.7 Å². The third kappa shape index (κ3) is 5.19. The molecule has 0 saturated heterocycles. The van der Waals surface area contributed by atoms with Crippen LogP contribution >= 0.6 is 22.7 Å². The smallest absolute Gasteiger partial charge is 0.131 e. The first-order valence-corrected chi connectivity index (χ1v) is 21.0. The fourth-order valence-electron chi connectivity index (χ4n) is 8.89. The van der Waals surface area contributed by atoms with Crippen LogP contribution in [0.1, 0.15) is 29.0 Å². The lowest BCUT2D eigenvalue weighted by molar-refractivity contribution is 0.411. The number of hydrogen-bond acceptors (Lipinski definition) is 5. The molecule has 270 valence electrons. The second kappa shape index (κ2) is 13.0. The van der Waals surface area contributed by atoms with E-state index < -0.39 is 0 Å². The molecule has 0 amide bonds. The van der Waals surface area contributed by atoms with Crippen LogP contribution in [-0.2, 0) is 0 Å². The molecule has 2 atom stereocenters. The average molecular weight is 767 g/mol. The zero-order chi connectivity index (χ0) is 37.5. The highest BCUT2D eigenvalue weighted by molar-refractivity contribution is 7.27. The largest absolute Gasteiger partial charge is 0.350 e. The van der Waals surface area contributed by atoms with E-state index in [0.29, 0.717) is 0 Å². The van der Waals surface area contributed by atoms with Crippen LogP contribution in [0.5, 0.6) is 0 Å². The summed E-state index contributed by atoms with van der Waals surface area (Å²) in [6.45, 7) is 0. The van der Waals surface area contributed by atoms with Crippen LogP contribution in [0.25, 0.3) is 79.0 Å². The molecule has 0 saturated carbocycles. The number of fused-ring (bicyclic) bond motifs is 9. The van der Waals surface area contributed by atoms with Crippen LogP contribution in [0.15, 0.2) is 187 Å². The monoisotopic (exact) mass is 766 g/mol. The van der Waals surface area contributed by atoms with Crippen molar-refractivity contribution in [2.45, 2.75) is 12.3 Å². The summed E-state index contributed by atoms with van der Waals surface area (Å²) in [7, 11) is 0. The zero-order valence-corrected chi connectivity index (χ0v) is 32.3. The molecule has 0 fully saturated rings. The van der Waals surface area contributed by atoms with Gasteiger partial charge in [-0.25, -0.2) is 4.99 Å². The van der Waals surface area contributed by atoms with Gasteiger partial charge in [0.25, 0.3) is 0 Å². The Hall–Kier alpha value is -6.57. The van der Waals surface area contributed by atoms with Crippen molar-refractivity contribution in [1.29, 1.82) is 0 Å². The predicted molar refractivity (Wildman–Crippen MR) is 243 cm³/mol. The maximum atomic E-state index is 5.32. The Bertz CT molecular complexity index is 3320. The summed E-state index contributed by atoms with van der Waals surface area (Å²) in [6, 6.07) is 65.9. The minimum absolute atomic E-state index is 0.0925. The number of aliphatic imine (C=N–C) groups is 1. The first kappa shape index (κ1) is 32.7. The molecule has 0 spiro atoms. The number of benzene rings is 8. The van der Waals surface area contributed by atoms with Gasteiger partial charge in [-0.15, -0.1) is 22.7 Å². The highest BCUT2D eigenvalue weighted by atomic mass is 32.1. The van der Waals surface area contributed by atoms with Crippen molar-refractivity contribution < 1.29 is 0 Å². The predicted octanol–water partition coefficient (Wildman–Crippen LogP) is 13.5. The Kier molecular flexibility index (Phi) is 7.45. The number of nitrogens with one attached hydrogen (secondary N) is 2. The van der Waals surface area contributed by atoms with Gasteiger partial charge in [0, 0.05) is 79.1 Å². The van der Waals surface area contributed by atoms with E-state index in [1.54, 1.807) is 0 Å². The van der Waals surface area contributed by atoms with Crippen molar-refractivity contribution in [1.82, 2.24) is 15.2 Å². The van der Waals surface area contributed by atoms with Gasteiger partial charge in [-0.2, -0.15) is 0 Å². The molecule has 4 heterocycles. The topological polar surface area (TPSA) is 41.4 Å². The maximum absolute atomic E-state index is 5.32. The first-order chi connectivity index (χ1) is 28.3. The minimum atomic E-state index is -0.235. The van der Waals surface area contributed by atoms with Crippen LogP contribution in [-0.4, -0.2) is 10.4 Å². The second-order valence-electron chi connectivity index (χ2n) is 14.7. The average Bonchev–Trinajstić information content (AvgIpc) is 3.96. The Balaban J connectivity index is 1.01. The van der Waals surface area contributed by atoms with Crippen molar-refractivity contribution in [3.05, 3.63) is 199 Å². The van der Waals surface area contributed by atoms with E-state index in [0.717, 1.165) is 11.4 Å². The van der Waals surface area contributed by atoms with Gasteiger partial charge in [-0.3, -0.25) is 5.32 Å². The Labute approximate surface area is 337 Å². The van der Waals surface area contributed by atoms with Crippen molar-refractivity contribution in [3.8, 4) is 16.8 Å². The normalized spacial score (nSPS) is 15.9. The number of rotatable bonds is 5. The van der Waals surface area contributed by atoms with E-state index in [2.05, 4.69) is 197 Å². The van der Waals surface area contributed by atoms with Gasteiger partial charge in [0.15, 0.2) is 0 Å². The molecule has 8 aromatic carbocycles. The number of hydrogen-bond donors (Lipinski definition) is 2. The summed E-state index contributed by atoms with van der Waals surface area (Å²) in [6.07, 6.45) is -0.327. The van der Waals surface area contributed by atoms with Crippen molar-refractivity contribution in [2.75, 3.05) is 0 Å². The van der Waals surface area contributed by atoms with Crippen LogP contribution < -0.4 is 10.6 Å². The van der Waals surface area contributed by atoms with Gasteiger partial charge in [-0.1, -0.05) is 152 Å². The molecule has 0 bridgehead atoms. The number of thiophene rings is 2. The highest BCUT2D eigenvalue weighted by Gasteiger charge is 2.27. The number of nitrogens with zero attached hydrogens (tertiary/aromatic N) is 2. The van der Waals surface area contributed by atoms with Gasteiger partial charge in [0.2, 0.25) is 0 Å². The molecule has 11 aromatic rings. The molecular weight excluding hydrogens is 733 g/mol. The van der Waals surface area contributed by atoms with Crippen LogP contribution in [0.3, 0.4) is 0 Å². The van der Waals surface area contributed by atoms with Gasteiger partial charge in [0.1, 0.15) is 18.2 Å². The lowest BCUT2D eigenvalue weighted by atomic mass is 9.99. The molecular formula is C51H34N4S2. The Morgan fingerprint density at radius 2 is 1.05 bits per heavy atom. The lowest BCUT2D eigenvalue weighted by Crippen LogP contribution is -2.44. The third-order valence-electron chi connectivity index (χ3n) is 11.5. The fourth-order valence-corrected chi connectivity index (χ4v) is 11.5. The van der Waals surface area contributed by atoms with Crippen LogP contribution in [0.2, 0.25) is 0 Å².